The van der Waals surface area contributed by atoms with Crippen LogP contribution in [0.5, 0.6) is 0 Å². The van der Waals surface area contributed by atoms with Crippen molar-refractivity contribution in [1.29, 1.82) is 0 Å². The van der Waals surface area contributed by atoms with E-state index in [1.165, 1.54) is 6.20 Å². The lowest BCUT2D eigenvalue weighted by Crippen LogP contribution is -2.36. The second kappa shape index (κ2) is 5.38. The van der Waals surface area contributed by atoms with E-state index in [1.54, 1.807) is 0 Å². The summed E-state index contributed by atoms with van der Waals surface area (Å²) in [5, 5.41) is 0.130. The number of H-pyrrole nitrogens is 1. The highest BCUT2D eigenvalue weighted by Crippen LogP contribution is 2.23. The van der Waals surface area contributed by atoms with E-state index in [0.717, 1.165) is 19.3 Å². The first-order valence-electron chi connectivity index (χ1n) is 6.32. The number of nitrogens with one attached hydrogen (secondary N) is 2. The normalized spacial score (nSPS) is 24.6. The van der Waals surface area contributed by atoms with E-state index >= 15 is 0 Å². The topological polar surface area (TPSA) is 101 Å². The van der Waals surface area contributed by atoms with Gasteiger partial charge in [-0.15, -0.1) is 0 Å². The van der Waals surface area contributed by atoms with Gasteiger partial charge in [0.25, 0.3) is 10.0 Å². The van der Waals surface area contributed by atoms with E-state index in [0.29, 0.717) is 18.8 Å². The number of sulfonamides is 1. The maximum absolute atomic E-state index is 12.0. The molecule has 1 aliphatic carbocycles. The zero-order chi connectivity index (χ0) is 13.2. The van der Waals surface area contributed by atoms with Crippen molar-refractivity contribution in [3.05, 3.63) is 12.0 Å². The number of aromatic amines is 1. The Morgan fingerprint density at radius 2 is 2.33 bits per heavy atom. The molecule has 0 radical (unpaired) electrons. The number of nitrogens with zero attached hydrogens (tertiary/aromatic N) is 1. The molecule has 102 valence electrons. The van der Waals surface area contributed by atoms with Crippen molar-refractivity contribution in [2.24, 2.45) is 11.7 Å². The molecule has 0 aliphatic heterocycles. The molecule has 2 rings (SSSR count). The Hall–Kier alpha value is -0.920. The van der Waals surface area contributed by atoms with Crippen molar-refractivity contribution in [2.45, 2.75) is 43.7 Å². The highest BCUT2D eigenvalue weighted by molar-refractivity contribution is 7.89. The second-order valence-corrected chi connectivity index (χ2v) is 6.49. The van der Waals surface area contributed by atoms with Crippen LogP contribution >= 0.6 is 0 Å². The molecular formula is C11H20N4O2S. The smallest absolute Gasteiger partial charge is 0.257 e. The first-order valence-corrected chi connectivity index (χ1v) is 7.80. The van der Waals surface area contributed by atoms with Crippen molar-refractivity contribution in [3.63, 3.8) is 0 Å². The Morgan fingerprint density at radius 1 is 1.56 bits per heavy atom. The van der Waals surface area contributed by atoms with Gasteiger partial charge in [0.05, 0.1) is 6.20 Å². The molecule has 0 spiro atoms. The summed E-state index contributed by atoms with van der Waals surface area (Å²) in [6, 6.07) is 0.112. The number of imidazole rings is 1. The summed E-state index contributed by atoms with van der Waals surface area (Å²) in [4.78, 5) is 6.79. The summed E-state index contributed by atoms with van der Waals surface area (Å²) in [5.41, 5.74) is 5.92. The van der Waals surface area contributed by atoms with Gasteiger partial charge in [-0.05, 0) is 18.8 Å². The molecule has 1 aromatic heterocycles. The van der Waals surface area contributed by atoms with Crippen LogP contribution in [0.15, 0.2) is 11.2 Å². The Bertz CT molecular complexity index is 497. The summed E-state index contributed by atoms with van der Waals surface area (Å²) in [5.74, 6) is 0.918. The molecule has 4 N–H and O–H groups in total. The third-order valence-electron chi connectivity index (χ3n) is 3.48. The van der Waals surface area contributed by atoms with Gasteiger partial charge in [0.1, 0.15) is 5.82 Å². The summed E-state index contributed by atoms with van der Waals surface area (Å²) in [7, 11) is -3.48. The number of aromatic nitrogens is 2. The Morgan fingerprint density at radius 3 is 2.89 bits per heavy atom. The molecule has 1 aliphatic rings. The van der Waals surface area contributed by atoms with Crippen molar-refractivity contribution < 1.29 is 8.42 Å². The van der Waals surface area contributed by atoms with Crippen molar-refractivity contribution in [2.75, 3.05) is 6.54 Å². The van der Waals surface area contributed by atoms with Gasteiger partial charge in [0.15, 0.2) is 5.03 Å². The van der Waals surface area contributed by atoms with Crippen molar-refractivity contribution in [3.8, 4) is 0 Å². The van der Waals surface area contributed by atoms with Crippen molar-refractivity contribution >= 4 is 10.0 Å². The summed E-state index contributed by atoms with van der Waals surface area (Å²) in [6.45, 7) is 2.32. The molecule has 0 bridgehead atoms. The van der Waals surface area contributed by atoms with Gasteiger partial charge in [0, 0.05) is 19.0 Å². The predicted molar refractivity (Wildman–Crippen MR) is 68.5 cm³/mol. The van der Waals surface area contributed by atoms with Crippen LogP contribution in [0.3, 0.4) is 0 Å². The molecular weight excluding hydrogens is 252 g/mol. The van der Waals surface area contributed by atoms with E-state index in [-0.39, 0.29) is 17.0 Å². The SMILES string of the molecule is CCc1ncc(S(=O)(=O)NCC2CCCC2N)[nH]1. The van der Waals surface area contributed by atoms with Gasteiger partial charge in [-0.2, -0.15) is 0 Å². The second-order valence-electron chi connectivity index (χ2n) is 4.75. The highest BCUT2D eigenvalue weighted by atomic mass is 32.2. The standard InChI is InChI=1S/C11H20N4O2S/c1-2-10-13-7-11(15-10)18(16,17)14-6-8-4-3-5-9(8)12/h7-9,14H,2-6,12H2,1H3,(H,13,15). The Labute approximate surface area is 107 Å². The minimum atomic E-state index is -3.48. The fourth-order valence-electron chi connectivity index (χ4n) is 2.27. The fraction of sp³-hybridized carbons (Fsp3) is 0.727. The van der Waals surface area contributed by atoms with Gasteiger partial charge in [-0.25, -0.2) is 18.1 Å². The van der Waals surface area contributed by atoms with Crippen LogP contribution < -0.4 is 10.5 Å². The van der Waals surface area contributed by atoms with Crippen LogP contribution in [0, 0.1) is 5.92 Å². The van der Waals surface area contributed by atoms with Crippen LogP contribution in [0.2, 0.25) is 0 Å². The van der Waals surface area contributed by atoms with Gasteiger partial charge in [-0.1, -0.05) is 13.3 Å². The Balaban J connectivity index is 1.98. The zero-order valence-corrected chi connectivity index (χ0v) is 11.3. The quantitative estimate of drug-likeness (QED) is 0.721. The first kappa shape index (κ1) is 13.5. The van der Waals surface area contributed by atoms with Crippen LogP contribution in [-0.2, 0) is 16.4 Å². The molecule has 1 aromatic rings. The van der Waals surface area contributed by atoms with Gasteiger partial charge in [0.2, 0.25) is 0 Å². The molecule has 1 fully saturated rings. The molecule has 0 saturated heterocycles. The van der Waals surface area contributed by atoms with Crippen LogP contribution in [0.25, 0.3) is 0 Å². The van der Waals surface area contributed by atoms with Gasteiger partial charge < -0.3 is 10.7 Å². The minimum absolute atomic E-state index is 0.112. The van der Waals surface area contributed by atoms with Crippen LogP contribution in [0.1, 0.15) is 32.0 Å². The number of nitrogens with two attached hydrogens (primary N) is 1. The summed E-state index contributed by atoms with van der Waals surface area (Å²) < 4.78 is 26.6. The highest BCUT2D eigenvalue weighted by Gasteiger charge is 2.26. The molecule has 2 unspecified atom stereocenters. The molecule has 2 atom stereocenters. The predicted octanol–water partition coefficient (Wildman–Crippen LogP) is 0.378. The average molecular weight is 272 g/mol. The lowest BCUT2D eigenvalue weighted by molar-refractivity contribution is 0.469. The maximum Gasteiger partial charge on any atom is 0.257 e. The van der Waals surface area contributed by atoms with Crippen LogP contribution in [-0.4, -0.2) is 31.0 Å². The third-order valence-corrected chi connectivity index (χ3v) is 4.82. The van der Waals surface area contributed by atoms with Gasteiger partial charge >= 0.3 is 0 Å². The summed E-state index contributed by atoms with van der Waals surface area (Å²) in [6.07, 6.45) is 5.10. The van der Waals surface area contributed by atoms with Crippen LogP contribution in [0.4, 0.5) is 0 Å². The number of hydrogen-bond donors (Lipinski definition) is 3. The number of hydrogen-bond acceptors (Lipinski definition) is 4. The van der Waals surface area contributed by atoms with E-state index in [2.05, 4.69) is 14.7 Å². The largest absolute Gasteiger partial charge is 0.332 e. The van der Waals surface area contributed by atoms with Gasteiger partial charge in [-0.3, -0.25) is 0 Å². The number of aryl methyl sites for hydroxylation is 1. The minimum Gasteiger partial charge on any atom is -0.332 e. The lowest BCUT2D eigenvalue weighted by Gasteiger charge is -2.15. The van der Waals surface area contributed by atoms with E-state index in [9.17, 15) is 8.42 Å². The summed E-state index contributed by atoms with van der Waals surface area (Å²) >= 11 is 0. The fourth-order valence-corrected chi connectivity index (χ4v) is 3.31. The van der Waals surface area contributed by atoms with E-state index in [4.69, 9.17) is 5.73 Å². The molecule has 1 saturated carbocycles. The monoisotopic (exact) mass is 272 g/mol. The first-order chi connectivity index (χ1) is 8.53. The molecule has 18 heavy (non-hydrogen) atoms. The molecule has 0 amide bonds. The zero-order valence-electron chi connectivity index (χ0n) is 10.5. The lowest BCUT2D eigenvalue weighted by atomic mass is 10.1. The number of rotatable bonds is 5. The molecule has 7 heteroatoms. The Kier molecular flexibility index (Phi) is 4.04. The molecule has 1 heterocycles. The van der Waals surface area contributed by atoms with E-state index < -0.39 is 10.0 Å². The molecule has 0 aromatic carbocycles. The third kappa shape index (κ3) is 2.90. The van der Waals surface area contributed by atoms with E-state index in [1.807, 2.05) is 6.92 Å². The molecule has 6 nitrogen and oxygen atoms in total. The average Bonchev–Trinajstić information content (AvgIpc) is 2.95. The maximum atomic E-state index is 12.0. The van der Waals surface area contributed by atoms with Crippen molar-refractivity contribution in [1.82, 2.24) is 14.7 Å².